The lowest BCUT2D eigenvalue weighted by Gasteiger charge is -2.38. The van der Waals surface area contributed by atoms with Gasteiger partial charge in [-0.05, 0) is 35.2 Å². The van der Waals surface area contributed by atoms with E-state index in [1.807, 2.05) is 72.8 Å². The molecule has 1 aliphatic rings. The van der Waals surface area contributed by atoms with E-state index in [-0.39, 0.29) is 6.42 Å². The summed E-state index contributed by atoms with van der Waals surface area (Å²) in [5.74, 6) is -1.16. The van der Waals surface area contributed by atoms with Crippen LogP contribution in [0.3, 0.4) is 0 Å². The fourth-order valence-electron chi connectivity index (χ4n) is 4.55. The molecule has 180 valence electrons. The molecule has 6 heteroatoms. The molecule has 5 rings (SSSR count). The van der Waals surface area contributed by atoms with Gasteiger partial charge in [0.25, 0.3) is 5.91 Å². The van der Waals surface area contributed by atoms with Crippen molar-refractivity contribution >= 4 is 11.9 Å². The predicted molar refractivity (Wildman–Crippen MR) is 136 cm³/mol. The molecule has 0 aliphatic carbocycles. The van der Waals surface area contributed by atoms with Gasteiger partial charge in [-0.3, -0.25) is 4.79 Å². The SMILES string of the molecule is CC1(NC(=O)C(O)(Cc2ccccc2)c2ccc(-c3ccccc3)cc2)NOC(=O)c2ccccc21. The van der Waals surface area contributed by atoms with Crippen LogP contribution in [0.1, 0.15) is 34.0 Å². The Hall–Kier alpha value is -4.26. The van der Waals surface area contributed by atoms with E-state index in [2.05, 4.69) is 10.8 Å². The zero-order valence-electron chi connectivity index (χ0n) is 19.8. The molecular formula is C30H26N2O4. The molecule has 1 amide bonds. The second-order valence-electron chi connectivity index (χ2n) is 9.08. The summed E-state index contributed by atoms with van der Waals surface area (Å²) in [7, 11) is 0. The van der Waals surface area contributed by atoms with Gasteiger partial charge < -0.3 is 15.3 Å². The quantitative estimate of drug-likeness (QED) is 0.381. The van der Waals surface area contributed by atoms with Crippen molar-refractivity contribution in [3.8, 4) is 11.1 Å². The number of aliphatic hydroxyl groups is 1. The monoisotopic (exact) mass is 478 g/mol. The van der Waals surface area contributed by atoms with Crippen molar-refractivity contribution in [1.29, 1.82) is 0 Å². The van der Waals surface area contributed by atoms with Gasteiger partial charge in [-0.15, -0.1) is 5.48 Å². The first kappa shape index (κ1) is 23.5. The molecule has 0 bridgehead atoms. The van der Waals surface area contributed by atoms with Crippen molar-refractivity contribution < 1.29 is 19.5 Å². The first-order chi connectivity index (χ1) is 17.4. The number of rotatable bonds is 6. The first-order valence-corrected chi connectivity index (χ1v) is 11.7. The van der Waals surface area contributed by atoms with Gasteiger partial charge in [0.2, 0.25) is 0 Å². The molecule has 36 heavy (non-hydrogen) atoms. The molecule has 0 saturated heterocycles. The summed E-state index contributed by atoms with van der Waals surface area (Å²) in [5, 5.41) is 14.9. The van der Waals surface area contributed by atoms with Crippen molar-refractivity contribution in [2.24, 2.45) is 0 Å². The van der Waals surface area contributed by atoms with Crippen LogP contribution in [0.25, 0.3) is 11.1 Å². The van der Waals surface area contributed by atoms with Crippen molar-refractivity contribution in [2.45, 2.75) is 24.6 Å². The average molecular weight is 479 g/mol. The molecule has 2 unspecified atom stereocenters. The molecule has 1 aliphatic heterocycles. The Morgan fingerprint density at radius 3 is 2.14 bits per heavy atom. The lowest BCUT2D eigenvalue weighted by molar-refractivity contribution is -0.146. The maximum absolute atomic E-state index is 13.8. The summed E-state index contributed by atoms with van der Waals surface area (Å²) in [6.07, 6.45) is 0.0574. The minimum absolute atomic E-state index is 0.0574. The number of hydrogen-bond donors (Lipinski definition) is 3. The Morgan fingerprint density at radius 2 is 1.44 bits per heavy atom. The van der Waals surface area contributed by atoms with E-state index in [0.29, 0.717) is 16.7 Å². The molecule has 6 nitrogen and oxygen atoms in total. The summed E-state index contributed by atoms with van der Waals surface area (Å²) in [4.78, 5) is 31.2. The largest absolute Gasteiger partial charge is 0.375 e. The normalized spacial score (nSPS) is 18.4. The molecule has 0 fully saturated rings. The number of benzene rings is 4. The van der Waals surface area contributed by atoms with E-state index in [0.717, 1.165) is 16.7 Å². The number of fused-ring (bicyclic) bond motifs is 1. The van der Waals surface area contributed by atoms with Gasteiger partial charge in [0, 0.05) is 12.0 Å². The fraction of sp³-hybridized carbons (Fsp3) is 0.133. The fourth-order valence-corrected chi connectivity index (χ4v) is 4.55. The van der Waals surface area contributed by atoms with Crippen molar-refractivity contribution in [2.75, 3.05) is 0 Å². The van der Waals surface area contributed by atoms with Gasteiger partial charge >= 0.3 is 5.97 Å². The highest BCUT2D eigenvalue weighted by Crippen LogP contribution is 2.32. The standard InChI is InChI=1S/C30H26N2O4/c1-29(26-15-9-8-14-25(26)27(33)36-32-29)31-28(34)30(35,20-21-10-4-2-5-11-21)24-18-16-23(17-19-24)22-12-6-3-7-13-22/h2-19,32,35H,20H2,1H3,(H,31,34). The second-order valence-corrected chi connectivity index (χ2v) is 9.08. The van der Waals surface area contributed by atoms with Crippen LogP contribution in [0.15, 0.2) is 109 Å². The minimum atomic E-state index is -1.89. The van der Waals surface area contributed by atoms with Gasteiger partial charge in [0.1, 0.15) is 5.66 Å². The highest BCUT2D eigenvalue weighted by Gasteiger charge is 2.45. The third-order valence-corrected chi connectivity index (χ3v) is 6.55. The second kappa shape index (κ2) is 9.41. The summed E-state index contributed by atoms with van der Waals surface area (Å²) >= 11 is 0. The molecule has 4 aromatic rings. The summed E-state index contributed by atoms with van der Waals surface area (Å²) in [6, 6.07) is 33.5. The highest BCUT2D eigenvalue weighted by atomic mass is 16.7. The van der Waals surface area contributed by atoms with E-state index in [1.165, 1.54) is 0 Å². The molecule has 2 atom stereocenters. The highest BCUT2D eigenvalue weighted by molar-refractivity contribution is 5.93. The Morgan fingerprint density at radius 1 is 0.861 bits per heavy atom. The molecule has 0 saturated carbocycles. The predicted octanol–water partition coefficient (Wildman–Crippen LogP) is 4.45. The van der Waals surface area contributed by atoms with Gasteiger partial charge in [-0.25, -0.2) is 4.79 Å². The van der Waals surface area contributed by atoms with E-state index in [9.17, 15) is 14.7 Å². The first-order valence-electron chi connectivity index (χ1n) is 11.7. The van der Waals surface area contributed by atoms with Crippen LogP contribution < -0.4 is 10.8 Å². The van der Waals surface area contributed by atoms with Crippen LogP contribution in [0.5, 0.6) is 0 Å². The Balaban J connectivity index is 1.51. The van der Waals surface area contributed by atoms with E-state index in [4.69, 9.17) is 4.84 Å². The Kier molecular flexibility index (Phi) is 6.14. The Bertz CT molecular complexity index is 1390. The van der Waals surface area contributed by atoms with Crippen LogP contribution in [0.2, 0.25) is 0 Å². The molecule has 0 spiro atoms. The van der Waals surface area contributed by atoms with Crippen LogP contribution in [0.4, 0.5) is 0 Å². The summed E-state index contributed by atoms with van der Waals surface area (Å²) < 4.78 is 0. The van der Waals surface area contributed by atoms with Crippen LogP contribution in [0, 0.1) is 0 Å². The van der Waals surface area contributed by atoms with Gasteiger partial charge in [-0.2, -0.15) is 0 Å². The lowest BCUT2D eigenvalue weighted by atomic mass is 9.84. The average Bonchev–Trinajstić information content (AvgIpc) is 2.92. The smallest absolute Gasteiger partial charge is 0.357 e. The van der Waals surface area contributed by atoms with Gasteiger partial charge in [0.05, 0.1) is 5.56 Å². The minimum Gasteiger partial charge on any atom is -0.375 e. The zero-order chi connectivity index (χ0) is 25.2. The van der Waals surface area contributed by atoms with Crippen LogP contribution in [-0.2, 0) is 27.3 Å². The van der Waals surface area contributed by atoms with Crippen molar-refractivity contribution in [3.05, 3.63) is 131 Å². The molecule has 1 heterocycles. The summed E-state index contributed by atoms with van der Waals surface area (Å²) in [5.41, 5.74) is 3.69. The lowest BCUT2D eigenvalue weighted by Crippen LogP contribution is -2.61. The number of carbonyl (C=O) groups is 2. The Labute approximate surface area is 209 Å². The van der Waals surface area contributed by atoms with Gasteiger partial charge in [0.15, 0.2) is 5.60 Å². The zero-order valence-corrected chi connectivity index (χ0v) is 19.8. The summed E-state index contributed by atoms with van der Waals surface area (Å²) in [6.45, 7) is 1.69. The van der Waals surface area contributed by atoms with Crippen molar-refractivity contribution in [3.63, 3.8) is 0 Å². The molecule has 3 N–H and O–H groups in total. The number of nitrogens with one attached hydrogen (secondary N) is 2. The number of amides is 1. The molecule has 4 aromatic carbocycles. The number of carbonyl (C=O) groups excluding carboxylic acids is 2. The number of hydroxylamine groups is 1. The topological polar surface area (TPSA) is 87.7 Å². The van der Waals surface area contributed by atoms with Crippen LogP contribution >= 0.6 is 0 Å². The van der Waals surface area contributed by atoms with E-state index >= 15 is 0 Å². The van der Waals surface area contributed by atoms with Gasteiger partial charge in [-0.1, -0.05) is 103 Å². The van der Waals surface area contributed by atoms with Crippen LogP contribution in [-0.4, -0.2) is 17.0 Å². The third-order valence-electron chi connectivity index (χ3n) is 6.55. The third kappa shape index (κ3) is 4.40. The van der Waals surface area contributed by atoms with Crippen molar-refractivity contribution in [1.82, 2.24) is 10.8 Å². The maximum Gasteiger partial charge on any atom is 0.357 e. The van der Waals surface area contributed by atoms with E-state index in [1.54, 1.807) is 43.3 Å². The maximum atomic E-state index is 13.8. The number of hydrogen-bond acceptors (Lipinski definition) is 5. The molecular weight excluding hydrogens is 452 g/mol. The van der Waals surface area contributed by atoms with E-state index < -0.39 is 23.1 Å². The molecule has 0 radical (unpaired) electrons. The molecule has 0 aromatic heterocycles.